The minimum Gasteiger partial charge on any atom is -0.787 e. The maximum atomic E-state index is 4.78. The lowest BCUT2D eigenvalue weighted by Gasteiger charge is -2.25. The quantitative estimate of drug-likeness (QED) is 0.370. The second-order valence-electron chi connectivity index (χ2n) is 2.72. The summed E-state index contributed by atoms with van der Waals surface area (Å²) < 4.78 is 0.990. The Bertz CT molecular complexity index is 46.5. The maximum absolute atomic E-state index is 4.78. The van der Waals surface area contributed by atoms with E-state index in [0.29, 0.717) is 0 Å². The van der Waals surface area contributed by atoms with Crippen molar-refractivity contribution in [2.45, 2.75) is 0 Å². The molecule has 0 rings (SSSR count). The summed E-state index contributed by atoms with van der Waals surface area (Å²) in [7, 11) is 6.44. The first-order valence-electron chi connectivity index (χ1n) is 2.45. The third-order valence-corrected chi connectivity index (χ3v) is 0.945. The van der Waals surface area contributed by atoms with E-state index in [0.717, 1.165) is 16.8 Å². The van der Waals surface area contributed by atoms with Crippen molar-refractivity contribution in [2.24, 2.45) is 0 Å². The molecule has 0 aliphatic heterocycles. The zero-order valence-electron chi connectivity index (χ0n) is 5.27. The fourth-order valence-corrected chi connectivity index (χ4v) is 0.822. The Morgan fingerprint density at radius 1 is 1.29 bits per heavy atom. The van der Waals surface area contributed by atoms with Crippen molar-refractivity contribution >= 4 is 12.6 Å². The predicted octanol–water partition coefficient (Wildman–Crippen LogP) is 0.240. The summed E-state index contributed by atoms with van der Waals surface area (Å²) in [4.78, 5) is 0. The van der Waals surface area contributed by atoms with Gasteiger partial charge < -0.3 is 17.1 Å². The number of hydrogen-bond donors (Lipinski definition) is 0. The van der Waals surface area contributed by atoms with Crippen LogP contribution in [0.5, 0.6) is 0 Å². The van der Waals surface area contributed by atoms with Crippen molar-refractivity contribution in [3.8, 4) is 0 Å². The predicted molar refractivity (Wildman–Crippen MR) is 35.1 cm³/mol. The van der Waals surface area contributed by atoms with Crippen LogP contribution in [0, 0.1) is 0 Å². The van der Waals surface area contributed by atoms with E-state index in [1.807, 2.05) is 0 Å². The third-order valence-electron chi connectivity index (χ3n) is 0.762. The first kappa shape index (κ1) is 7.31. The molecule has 7 heavy (non-hydrogen) atoms. The molecular formula is C5H13NS. The minimum atomic E-state index is 0.865. The van der Waals surface area contributed by atoms with Crippen LogP contribution in [0.15, 0.2) is 0 Å². The molecule has 0 bridgehead atoms. The topological polar surface area (TPSA) is 0 Å². The van der Waals surface area contributed by atoms with Crippen molar-refractivity contribution in [2.75, 3.05) is 33.4 Å². The highest BCUT2D eigenvalue weighted by atomic mass is 32.1. The van der Waals surface area contributed by atoms with Gasteiger partial charge in [-0.2, -0.15) is 0 Å². The molecule has 0 aromatic heterocycles. The Kier molecular flexibility index (Phi) is 2.69. The summed E-state index contributed by atoms with van der Waals surface area (Å²) >= 11 is 4.78. The molecule has 0 spiro atoms. The van der Waals surface area contributed by atoms with Crippen LogP contribution in [0.2, 0.25) is 0 Å². The summed E-state index contributed by atoms with van der Waals surface area (Å²) in [6.07, 6.45) is 0. The molecule has 0 aromatic rings. The van der Waals surface area contributed by atoms with E-state index < -0.39 is 0 Å². The zero-order valence-corrected chi connectivity index (χ0v) is 6.09. The SMILES string of the molecule is C[N+](C)(C)CC[S-]. The average Bonchev–Trinajstić information content (AvgIpc) is 1.30. The van der Waals surface area contributed by atoms with Crippen molar-refractivity contribution in [1.82, 2.24) is 0 Å². The van der Waals surface area contributed by atoms with Crippen LogP contribution >= 0.6 is 0 Å². The van der Waals surface area contributed by atoms with Gasteiger partial charge in [-0.15, -0.1) is 5.75 Å². The van der Waals surface area contributed by atoms with Gasteiger partial charge in [0.25, 0.3) is 0 Å². The number of nitrogens with zero attached hydrogens (tertiary/aromatic N) is 1. The van der Waals surface area contributed by atoms with E-state index in [-0.39, 0.29) is 0 Å². The van der Waals surface area contributed by atoms with Gasteiger partial charge in [0.1, 0.15) is 0 Å². The summed E-state index contributed by atoms with van der Waals surface area (Å²) in [5.41, 5.74) is 0. The lowest BCUT2D eigenvalue weighted by molar-refractivity contribution is -0.867. The van der Waals surface area contributed by atoms with Gasteiger partial charge in [0.15, 0.2) is 0 Å². The lowest BCUT2D eigenvalue weighted by atomic mass is 10.6. The smallest absolute Gasteiger partial charge is 0.0676 e. The molecule has 1 nitrogen and oxygen atoms in total. The molecular weight excluding hydrogens is 106 g/mol. The number of rotatable bonds is 2. The van der Waals surface area contributed by atoms with Gasteiger partial charge in [0.2, 0.25) is 0 Å². The summed E-state index contributed by atoms with van der Waals surface area (Å²) in [6.45, 7) is 1.09. The molecule has 44 valence electrons. The van der Waals surface area contributed by atoms with Crippen molar-refractivity contribution < 1.29 is 4.48 Å². The molecule has 0 aromatic carbocycles. The van der Waals surface area contributed by atoms with Gasteiger partial charge in [-0.3, -0.25) is 0 Å². The van der Waals surface area contributed by atoms with Crippen molar-refractivity contribution in [1.29, 1.82) is 0 Å². The van der Waals surface area contributed by atoms with E-state index in [1.54, 1.807) is 0 Å². The fourth-order valence-electron chi connectivity index (χ4n) is 0.274. The van der Waals surface area contributed by atoms with Crippen molar-refractivity contribution in [3.63, 3.8) is 0 Å². The molecule has 0 saturated carbocycles. The Morgan fingerprint density at radius 2 is 1.71 bits per heavy atom. The van der Waals surface area contributed by atoms with Gasteiger partial charge in [-0.1, -0.05) is 0 Å². The highest BCUT2D eigenvalue weighted by Gasteiger charge is 1.98. The van der Waals surface area contributed by atoms with E-state index in [1.165, 1.54) is 0 Å². The zero-order chi connectivity index (χ0) is 5.91. The van der Waals surface area contributed by atoms with E-state index >= 15 is 0 Å². The molecule has 0 N–H and O–H groups in total. The largest absolute Gasteiger partial charge is 0.787 e. The molecule has 0 radical (unpaired) electrons. The Morgan fingerprint density at radius 3 is 1.71 bits per heavy atom. The first-order valence-corrected chi connectivity index (χ1v) is 3.02. The highest BCUT2D eigenvalue weighted by molar-refractivity contribution is 7.58. The molecule has 0 unspecified atom stereocenters. The molecule has 0 aliphatic rings. The fraction of sp³-hybridized carbons (Fsp3) is 1.00. The van der Waals surface area contributed by atoms with Crippen LogP contribution < -0.4 is 0 Å². The second kappa shape index (κ2) is 2.58. The van der Waals surface area contributed by atoms with E-state index in [9.17, 15) is 0 Å². The molecule has 0 atom stereocenters. The Balaban J connectivity index is 3.15. The Labute approximate surface area is 51.3 Å². The van der Waals surface area contributed by atoms with Crippen LogP contribution in [0.1, 0.15) is 0 Å². The summed E-state index contributed by atoms with van der Waals surface area (Å²) in [5, 5.41) is 0. The minimum absolute atomic E-state index is 0.865. The van der Waals surface area contributed by atoms with Gasteiger partial charge in [-0.05, 0) is 0 Å². The van der Waals surface area contributed by atoms with Crippen LogP contribution in [0.4, 0.5) is 0 Å². The number of quaternary nitrogens is 1. The van der Waals surface area contributed by atoms with Crippen LogP contribution in [-0.2, 0) is 12.6 Å². The molecule has 2 heteroatoms. The monoisotopic (exact) mass is 119 g/mol. The van der Waals surface area contributed by atoms with Gasteiger partial charge in [0.05, 0.1) is 27.7 Å². The third kappa shape index (κ3) is 6.31. The Hall–Kier alpha value is 0.310. The van der Waals surface area contributed by atoms with Crippen LogP contribution in [-0.4, -0.2) is 37.9 Å². The molecule has 0 heterocycles. The normalized spacial score (nSPS) is 12.0. The number of hydrogen-bond acceptors (Lipinski definition) is 1. The highest BCUT2D eigenvalue weighted by Crippen LogP contribution is 1.85. The second-order valence-corrected chi connectivity index (χ2v) is 3.13. The van der Waals surface area contributed by atoms with Crippen LogP contribution in [0.3, 0.4) is 0 Å². The van der Waals surface area contributed by atoms with E-state index in [2.05, 4.69) is 21.1 Å². The molecule has 0 aliphatic carbocycles. The van der Waals surface area contributed by atoms with Gasteiger partial charge in [-0.25, -0.2) is 0 Å². The molecule has 0 amide bonds. The van der Waals surface area contributed by atoms with Crippen molar-refractivity contribution in [3.05, 3.63) is 0 Å². The average molecular weight is 119 g/mol. The lowest BCUT2D eigenvalue weighted by Crippen LogP contribution is -2.36. The standard InChI is InChI=1S/C5H13NS/c1-6(2,3)4-5-7/h4-5H2,1-3H3. The summed E-state index contributed by atoms with van der Waals surface area (Å²) in [6, 6.07) is 0. The van der Waals surface area contributed by atoms with E-state index in [4.69, 9.17) is 12.6 Å². The molecule has 0 saturated heterocycles. The van der Waals surface area contributed by atoms with Gasteiger partial charge >= 0.3 is 0 Å². The van der Waals surface area contributed by atoms with Gasteiger partial charge in [0, 0.05) is 0 Å². The first-order chi connectivity index (χ1) is 3.06. The maximum Gasteiger partial charge on any atom is 0.0676 e. The molecule has 0 fully saturated rings. The van der Waals surface area contributed by atoms with Crippen LogP contribution in [0.25, 0.3) is 0 Å². The summed E-state index contributed by atoms with van der Waals surface area (Å²) in [5.74, 6) is 0.865.